The first kappa shape index (κ1) is 23.6. The van der Waals surface area contributed by atoms with E-state index in [0.29, 0.717) is 17.1 Å². The number of benzene rings is 3. The van der Waals surface area contributed by atoms with Crippen molar-refractivity contribution in [3.8, 4) is 11.5 Å². The normalized spacial score (nSPS) is 18.4. The summed E-state index contributed by atoms with van der Waals surface area (Å²) in [5.74, 6) is 0.443. The number of hydrogen-bond donors (Lipinski definition) is 1. The molecule has 0 aliphatic carbocycles. The van der Waals surface area contributed by atoms with Crippen molar-refractivity contribution in [2.24, 2.45) is 5.41 Å². The molecular weight excluding hydrogens is 433 g/mol. The first-order chi connectivity index (χ1) is 16.2. The molecule has 0 spiro atoms. The first-order valence-corrected chi connectivity index (χ1v) is 11.3. The Balaban J connectivity index is 1.67. The van der Waals surface area contributed by atoms with E-state index < -0.39 is 11.5 Å². The van der Waals surface area contributed by atoms with Gasteiger partial charge in [0.1, 0.15) is 18.5 Å². The average Bonchev–Trinajstić information content (AvgIpc) is 2.80. The van der Waals surface area contributed by atoms with Gasteiger partial charge >= 0.3 is 5.97 Å². The predicted molar refractivity (Wildman–Crippen MR) is 130 cm³/mol. The molecule has 1 heterocycles. The summed E-state index contributed by atoms with van der Waals surface area (Å²) < 4.78 is 31.3. The van der Waals surface area contributed by atoms with Gasteiger partial charge in [0, 0.05) is 29.2 Å². The van der Waals surface area contributed by atoms with Crippen LogP contribution in [0.15, 0.2) is 60.7 Å². The molecule has 0 radical (unpaired) electrons. The van der Waals surface area contributed by atoms with Crippen LogP contribution in [0.5, 0.6) is 11.5 Å². The SMILES string of the molecule is COc1cc(C2Nc3ccc(C)cc3C(OC(C)=O)C2(C)C)ccc1OCc1ccccc1F. The maximum absolute atomic E-state index is 14.0. The molecule has 5 nitrogen and oxygen atoms in total. The van der Waals surface area contributed by atoms with E-state index in [-0.39, 0.29) is 24.4 Å². The number of anilines is 1. The van der Waals surface area contributed by atoms with Gasteiger partial charge in [-0.3, -0.25) is 4.79 Å². The number of carbonyl (C=O) groups is 1. The standard InChI is InChI=1S/C28H30FNO4/c1-17-10-12-23-21(14-17)27(34-18(2)31)28(3,4)26(30-23)19-11-13-24(25(15-19)32-5)33-16-20-8-6-7-9-22(20)29/h6-15,26-27,30H,16H2,1-5H3. The van der Waals surface area contributed by atoms with Crippen LogP contribution in [0, 0.1) is 18.2 Å². The number of halogens is 1. The summed E-state index contributed by atoms with van der Waals surface area (Å²) in [6, 6.07) is 18.2. The van der Waals surface area contributed by atoms with Crippen LogP contribution in [0.1, 0.15) is 55.2 Å². The van der Waals surface area contributed by atoms with E-state index in [1.54, 1.807) is 25.3 Å². The lowest BCUT2D eigenvalue weighted by atomic mass is 9.70. The van der Waals surface area contributed by atoms with Crippen molar-refractivity contribution in [1.82, 2.24) is 0 Å². The number of fused-ring (bicyclic) bond motifs is 1. The second kappa shape index (κ2) is 9.37. The first-order valence-electron chi connectivity index (χ1n) is 11.3. The third-order valence-corrected chi connectivity index (χ3v) is 6.35. The molecule has 4 rings (SSSR count). The topological polar surface area (TPSA) is 56.8 Å². The van der Waals surface area contributed by atoms with Crippen LogP contribution < -0.4 is 14.8 Å². The molecule has 2 unspecified atom stereocenters. The highest BCUT2D eigenvalue weighted by molar-refractivity contribution is 5.68. The summed E-state index contributed by atoms with van der Waals surface area (Å²) in [5.41, 5.74) is 3.97. The number of aryl methyl sites for hydroxylation is 1. The van der Waals surface area contributed by atoms with Crippen LogP contribution in [0.4, 0.5) is 10.1 Å². The van der Waals surface area contributed by atoms with E-state index in [1.165, 1.54) is 13.0 Å². The monoisotopic (exact) mass is 463 g/mol. The lowest BCUT2D eigenvalue weighted by Crippen LogP contribution is -2.40. The molecule has 0 saturated carbocycles. The Kier molecular flexibility index (Phi) is 6.51. The second-order valence-electron chi connectivity index (χ2n) is 9.27. The van der Waals surface area contributed by atoms with E-state index in [9.17, 15) is 9.18 Å². The van der Waals surface area contributed by atoms with Crippen molar-refractivity contribution in [3.05, 3.63) is 88.7 Å². The van der Waals surface area contributed by atoms with Gasteiger partial charge in [-0.15, -0.1) is 0 Å². The third kappa shape index (κ3) is 4.58. The maximum Gasteiger partial charge on any atom is 0.303 e. The molecular formula is C28H30FNO4. The molecule has 178 valence electrons. The summed E-state index contributed by atoms with van der Waals surface area (Å²) in [4.78, 5) is 12.0. The van der Waals surface area contributed by atoms with Crippen molar-refractivity contribution in [2.45, 2.75) is 46.4 Å². The number of rotatable bonds is 6. The summed E-state index contributed by atoms with van der Waals surface area (Å²) in [6.07, 6.45) is -0.422. The molecule has 0 bridgehead atoms. The zero-order chi connectivity index (χ0) is 24.5. The van der Waals surface area contributed by atoms with E-state index >= 15 is 0 Å². The van der Waals surface area contributed by atoms with E-state index in [4.69, 9.17) is 14.2 Å². The van der Waals surface area contributed by atoms with Gasteiger partial charge in [-0.2, -0.15) is 0 Å². The minimum Gasteiger partial charge on any atom is -0.493 e. The van der Waals surface area contributed by atoms with Gasteiger partial charge in [-0.05, 0) is 36.8 Å². The van der Waals surface area contributed by atoms with Crippen LogP contribution in [-0.4, -0.2) is 13.1 Å². The van der Waals surface area contributed by atoms with Crippen molar-refractivity contribution >= 4 is 11.7 Å². The number of carbonyl (C=O) groups excluding carboxylic acids is 1. The number of esters is 1. The van der Waals surface area contributed by atoms with Crippen LogP contribution in [0.2, 0.25) is 0 Å². The number of methoxy groups -OCH3 is 1. The molecule has 1 N–H and O–H groups in total. The molecule has 0 fully saturated rings. The molecule has 1 aliphatic heterocycles. The van der Waals surface area contributed by atoms with Gasteiger partial charge in [0.15, 0.2) is 11.5 Å². The van der Waals surface area contributed by atoms with E-state index in [2.05, 4.69) is 25.2 Å². The fourth-order valence-electron chi connectivity index (χ4n) is 4.57. The Bertz CT molecular complexity index is 1210. The van der Waals surface area contributed by atoms with E-state index in [0.717, 1.165) is 22.4 Å². The number of hydrogen-bond acceptors (Lipinski definition) is 5. The maximum atomic E-state index is 14.0. The van der Waals surface area contributed by atoms with Gasteiger partial charge in [-0.1, -0.05) is 55.8 Å². The fourth-order valence-corrected chi connectivity index (χ4v) is 4.57. The third-order valence-electron chi connectivity index (χ3n) is 6.35. The largest absolute Gasteiger partial charge is 0.493 e. The van der Waals surface area contributed by atoms with Crippen LogP contribution in [-0.2, 0) is 16.1 Å². The fraction of sp³-hybridized carbons (Fsp3) is 0.321. The van der Waals surface area contributed by atoms with Crippen molar-refractivity contribution in [2.75, 3.05) is 12.4 Å². The van der Waals surface area contributed by atoms with E-state index in [1.807, 2.05) is 37.3 Å². The Morgan fingerprint density at radius 2 is 1.82 bits per heavy atom. The highest BCUT2D eigenvalue weighted by Gasteiger charge is 2.46. The molecule has 6 heteroatoms. The average molecular weight is 464 g/mol. The highest BCUT2D eigenvalue weighted by Crippen LogP contribution is 2.54. The Morgan fingerprint density at radius 1 is 1.06 bits per heavy atom. The lowest BCUT2D eigenvalue weighted by molar-refractivity contribution is -0.154. The minimum atomic E-state index is -0.465. The van der Waals surface area contributed by atoms with Gasteiger partial charge < -0.3 is 19.5 Å². The van der Waals surface area contributed by atoms with Crippen molar-refractivity contribution in [3.63, 3.8) is 0 Å². The summed E-state index contributed by atoms with van der Waals surface area (Å²) in [5, 5.41) is 3.63. The predicted octanol–water partition coefficient (Wildman–Crippen LogP) is 6.52. The van der Waals surface area contributed by atoms with Crippen molar-refractivity contribution < 1.29 is 23.4 Å². The molecule has 0 amide bonds. The molecule has 1 aliphatic rings. The molecule has 34 heavy (non-hydrogen) atoms. The second-order valence-corrected chi connectivity index (χ2v) is 9.27. The lowest BCUT2D eigenvalue weighted by Gasteiger charge is -2.46. The molecule has 3 aromatic rings. The van der Waals surface area contributed by atoms with Gasteiger partial charge in [0.05, 0.1) is 13.2 Å². The van der Waals surface area contributed by atoms with Gasteiger partial charge in [0.2, 0.25) is 0 Å². The summed E-state index contributed by atoms with van der Waals surface area (Å²) in [6.45, 7) is 7.72. The van der Waals surface area contributed by atoms with Gasteiger partial charge in [-0.25, -0.2) is 4.39 Å². The highest BCUT2D eigenvalue weighted by atomic mass is 19.1. The summed E-state index contributed by atoms with van der Waals surface area (Å²) in [7, 11) is 1.58. The Hall–Kier alpha value is -3.54. The summed E-state index contributed by atoms with van der Waals surface area (Å²) >= 11 is 0. The quantitative estimate of drug-likeness (QED) is 0.422. The molecule has 2 atom stereocenters. The Morgan fingerprint density at radius 3 is 2.53 bits per heavy atom. The van der Waals surface area contributed by atoms with Crippen molar-refractivity contribution in [1.29, 1.82) is 0 Å². The number of ether oxygens (including phenoxy) is 3. The number of nitrogens with one attached hydrogen (secondary N) is 1. The van der Waals surface area contributed by atoms with Crippen LogP contribution in [0.25, 0.3) is 0 Å². The molecule has 3 aromatic carbocycles. The molecule has 0 saturated heterocycles. The molecule has 0 aromatic heterocycles. The minimum absolute atomic E-state index is 0.0941. The van der Waals surface area contributed by atoms with Crippen LogP contribution >= 0.6 is 0 Å². The zero-order valence-electron chi connectivity index (χ0n) is 20.1. The zero-order valence-corrected chi connectivity index (χ0v) is 20.1. The van der Waals surface area contributed by atoms with Crippen LogP contribution in [0.3, 0.4) is 0 Å². The smallest absolute Gasteiger partial charge is 0.303 e. The Labute approximate surface area is 199 Å². The van der Waals surface area contributed by atoms with Gasteiger partial charge in [0.25, 0.3) is 0 Å².